The molecule has 2 amide bonds. The lowest BCUT2D eigenvalue weighted by Gasteiger charge is -2.28. The zero-order valence-electron chi connectivity index (χ0n) is 17.0. The van der Waals surface area contributed by atoms with Crippen LogP contribution in [0.25, 0.3) is 0 Å². The Bertz CT molecular complexity index is 1280. The Labute approximate surface area is 183 Å². The second-order valence-electron chi connectivity index (χ2n) is 7.16. The van der Waals surface area contributed by atoms with Crippen LogP contribution in [0.15, 0.2) is 59.6 Å². The van der Waals surface area contributed by atoms with E-state index in [1.165, 1.54) is 30.5 Å². The predicted octanol–water partition coefficient (Wildman–Crippen LogP) is 4.49. The van der Waals surface area contributed by atoms with Crippen LogP contribution in [0.2, 0.25) is 0 Å². The highest BCUT2D eigenvalue weighted by atomic mass is 32.2. The molecule has 0 spiro atoms. The summed E-state index contributed by atoms with van der Waals surface area (Å²) in [6.07, 6.45) is 1.44. The molecule has 4 rings (SSSR count). The van der Waals surface area contributed by atoms with Crippen LogP contribution in [0.5, 0.6) is 11.5 Å². The summed E-state index contributed by atoms with van der Waals surface area (Å²) >= 11 is 0. The fourth-order valence-electron chi connectivity index (χ4n) is 3.31. The monoisotopic (exact) mass is 459 g/mol. The van der Waals surface area contributed by atoms with Crippen molar-refractivity contribution in [2.75, 3.05) is 11.9 Å². The summed E-state index contributed by atoms with van der Waals surface area (Å²) in [6.45, 7) is 2.57. The number of pyridine rings is 1. The highest BCUT2D eigenvalue weighted by molar-refractivity contribution is 7.90. The zero-order chi connectivity index (χ0) is 22.9. The lowest BCUT2D eigenvalue weighted by Crippen LogP contribution is -2.38. The lowest BCUT2D eigenvalue weighted by atomic mass is 10.2. The molecule has 2 aromatic carbocycles. The minimum atomic E-state index is -3.77. The van der Waals surface area contributed by atoms with Crippen molar-refractivity contribution in [3.8, 4) is 11.5 Å². The molecule has 0 aliphatic carbocycles. The number of carbonyl (C=O) groups excluding carboxylic acids is 1. The van der Waals surface area contributed by atoms with Gasteiger partial charge in [0.25, 0.3) is 0 Å². The van der Waals surface area contributed by atoms with Gasteiger partial charge in [-0.1, -0.05) is 6.07 Å². The van der Waals surface area contributed by atoms with Crippen LogP contribution in [0.4, 0.5) is 19.4 Å². The molecule has 1 aliphatic heterocycles. The number of fused-ring (bicyclic) bond motifs is 1. The average molecular weight is 459 g/mol. The first kappa shape index (κ1) is 21.7. The number of rotatable bonds is 6. The van der Waals surface area contributed by atoms with Gasteiger partial charge in [0.2, 0.25) is 0 Å². The van der Waals surface area contributed by atoms with Gasteiger partial charge in [-0.15, -0.1) is 0 Å². The van der Waals surface area contributed by atoms with E-state index in [-0.39, 0.29) is 28.8 Å². The lowest BCUT2D eigenvalue weighted by molar-refractivity contribution is 0.209. The molecule has 1 aliphatic rings. The van der Waals surface area contributed by atoms with Crippen LogP contribution in [0.1, 0.15) is 18.1 Å². The molecule has 1 aromatic heterocycles. The van der Waals surface area contributed by atoms with Gasteiger partial charge in [-0.2, -0.15) is 0 Å². The number of halogens is 2. The number of nitrogens with one attached hydrogen (secondary N) is 1. The topological polar surface area (TPSA) is 88.6 Å². The summed E-state index contributed by atoms with van der Waals surface area (Å²) in [5.41, 5.74) is 0.830. The van der Waals surface area contributed by atoms with Crippen LogP contribution in [-0.4, -0.2) is 30.9 Å². The van der Waals surface area contributed by atoms with Crippen LogP contribution >= 0.6 is 0 Å². The number of sulfone groups is 1. The van der Waals surface area contributed by atoms with Gasteiger partial charge >= 0.3 is 6.03 Å². The third-order valence-corrected chi connectivity index (χ3v) is 6.71. The van der Waals surface area contributed by atoms with Crippen LogP contribution in [-0.2, 0) is 22.1 Å². The summed E-state index contributed by atoms with van der Waals surface area (Å²) < 4.78 is 58.6. The quantitative estimate of drug-likeness (QED) is 0.549. The SMILES string of the molecule is CCN1Cc2c(Oc3ccc(CS(=O)(=O)c4ccc(F)cc4)cc3F)ccnc2NC1=O. The Kier molecular flexibility index (Phi) is 5.79. The molecule has 0 radical (unpaired) electrons. The maximum absolute atomic E-state index is 14.7. The minimum absolute atomic E-state index is 0.0504. The van der Waals surface area contributed by atoms with Crippen molar-refractivity contribution in [1.82, 2.24) is 9.88 Å². The fourth-order valence-corrected chi connectivity index (χ4v) is 4.65. The van der Waals surface area contributed by atoms with E-state index in [1.54, 1.807) is 11.0 Å². The van der Waals surface area contributed by atoms with Crippen LogP contribution < -0.4 is 10.1 Å². The largest absolute Gasteiger partial charge is 0.454 e. The standard InChI is InChI=1S/C22H19F2N3O4S/c1-2-27-12-17-19(9-10-25-21(17)26-22(27)28)31-20-8-3-14(11-18(20)24)13-32(29,30)16-6-4-15(23)5-7-16/h3-11H,2,12-13H2,1H3,(H,25,26,28). The average Bonchev–Trinajstić information content (AvgIpc) is 2.75. The summed E-state index contributed by atoms with van der Waals surface area (Å²) in [4.78, 5) is 17.6. The second kappa shape index (κ2) is 8.54. The predicted molar refractivity (Wildman–Crippen MR) is 113 cm³/mol. The molecule has 10 heteroatoms. The number of ether oxygens (including phenoxy) is 1. The molecule has 0 saturated heterocycles. The summed E-state index contributed by atoms with van der Waals surface area (Å²) in [5.74, 6) is -1.15. The van der Waals surface area contributed by atoms with Gasteiger partial charge in [-0.05, 0) is 55.0 Å². The van der Waals surface area contributed by atoms with Crippen molar-refractivity contribution in [2.24, 2.45) is 0 Å². The zero-order valence-corrected chi connectivity index (χ0v) is 17.8. The number of hydrogen-bond acceptors (Lipinski definition) is 5. The van der Waals surface area contributed by atoms with Crippen molar-refractivity contribution in [3.63, 3.8) is 0 Å². The Hall–Kier alpha value is -3.53. The van der Waals surface area contributed by atoms with Crippen molar-refractivity contribution >= 4 is 21.7 Å². The van der Waals surface area contributed by atoms with E-state index in [4.69, 9.17) is 4.74 Å². The van der Waals surface area contributed by atoms with Crippen LogP contribution in [0, 0.1) is 11.6 Å². The van der Waals surface area contributed by atoms with Gasteiger partial charge in [0.15, 0.2) is 21.4 Å². The number of carbonyl (C=O) groups is 1. The fraction of sp³-hybridized carbons (Fsp3) is 0.182. The number of urea groups is 1. The first-order valence-electron chi connectivity index (χ1n) is 9.75. The Morgan fingerprint density at radius 1 is 1.09 bits per heavy atom. The number of benzene rings is 2. The number of aromatic nitrogens is 1. The van der Waals surface area contributed by atoms with Crippen molar-refractivity contribution < 1.29 is 26.7 Å². The van der Waals surface area contributed by atoms with E-state index >= 15 is 0 Å². The molecular weight excluding hydrogens is 440 g/mol. The molecule has 1 N–H and O–H groups in total. The molecule has 3 aromatic rings. The second-order valence-corrected chi connectivity index (χ2v) is 9.15. The molecular formula is C22H19F2N3O4S. The van der Waals surface area contributed by atoms with Crippen molar-refractivity contribution in [1.29, 1.82) is 0 Å². The van der Waals surface area contributed by atoms with Gasteiger partial charge in [-0.25, -0.2) is 27.0 Å². The molecule has 0 atom stereocenters. The molecule has 166 valence electrons. The first-order valence-corrected chi connectivity index (χ1v) is 11.4. The minimum Gasteiger partial charge on any atom is -0.454 e. The Balaban J connectivity index is 1.56. The van der Waals surface area contributed by atoms with E-state index in [9.17, 15) is 22.0 Å². The molecule has 32 heavy (non-hydrogen) atoms. The van der Waals surface area contributed by atoms with Crippen LogP contribution in [0.3, 0.4) is 0 Å². The smallest absolute Gasteiger partial charge is 0.323 e. The molecule has 0 bridgehead atoms. The van der Waals surface area contributed by atoms with E-state index in [2.05, 4.69) is 10.3 Å². The van der Waals surface area contributed by atoms with E-state index in [0.29, 0.717) is 23.7 Å². The van der Waals surface area contributed by atoms with Gasteiger partial charge in [0, 0.05) is 12.7 Å². The maximum atomic E-state index is 14.7. The number of hydrogen-bond donors (Lipinski definition) is 1. The number of amides is 2. The first-order chi connectivity index (χ1) is 15.3. The molecule has 7 nitrogen and oxygen atoms in total. The molecule has 0 fully saturated rings. The molecule has 0 saturated carbocycles. The van der Waals surface area contributed by atoms with Gasteiger partial charge in [0.1, 0.15) is 17.4 Å². The highest BCUT2D eigenvalue weighted by Gasteiger charge is 2.26. The number of anilines is 1. The van der Waals surface area contributed by atoms with Gasteiger partial charge in [-0.3, -0.25) is 5.32 Å². The van der Waals surface area contributed by atoms with E-state index < -0.39 is 27.2 Å². The summed E-state index contributed by atoms with van der Waals surface area (Å²) in [6, 6.07) is 9.63. The summed E-state index contributed by atoms with van der Waals surface area (Å²) in [7, 11) is -3.77. The van der Waals surface area contributed by atoms with E-state index in [1.807, 2.05) is 6.92 Å². The molecule has 2 heterocycles. The van der Waals surface area contributed by atoms with Gasteiger partial charge in [0.05, 0.1) is 22.8 Å². The highest BCUT2D eigenvalue weighted by Crippen LogP contribution is 2.34. The van der Waals surface area contributed by atoms with Gasteiger partial charge < -0.3 is 9.64 Å². The Morgan fingerprint density at radius 2 is 1.84 bits per heavy atom. The third kappa shape index (κ3) is 4.40. The van der Waals surface area contributed by atoms with Crippen molar-refractivity contribution in [2.45, 2.75) is 24.1 Å². The normalized spacial score (nSPS) is 13.5. The van der Waals surface area contributed by atoms with Crippen molar-refractivity contribution in [3.05, 3.63) is 77.5 Å². The maximum Gasteiger partial charge on any atom is 0.323 e. The summed E-state index contributed by atoms with van der Waals surface area (Å²) in [5, 5.41) is 2.67. The number of nitrogens with zero attached hydrogens (tertiary/aromatic N) is 2. The molecule has 0 unspecified atom stereocenters. The van der Waals surface area contributed by atoms with E-state index in [0.717, 1.165) is 18.2 Å². The third-order valence-electron chi connectivity index (χ3n) is 5.00. The Morgan fingerprint density at radius 3 is 2.53 bits per heavy atom.